The third-order valence-corrected chi connectivity index (χ3v) is 5.07. The molecule has 138 valence electrons. The van der Waals surface area contributed by atoms with Crippen LogP contribution in [0.15, 0.2) is 53.8 Å². The fourth-order valence-electron chi connectivity index (χ4n) is 3.49. The van der Waals surface area contributed by atoms with Crippen molar-refractivity contribution in [2.75, 3.05) is 0 Å². The van der Waals surface area contributed by atoms with Crippen LogP contribution in [0.25, 0.3) is 5.69 Å². The van der Waals surface area contributed by atoms with E-state index in [-0.39, 0.29) is 6.04 Å². The quantitative estimate of drug-likeness (QED) is 0.438. The fourth-order valence-corrected chi connectivity index (χ4v) is 3.64. The molecular formula is C21H22ClN5. The van der Waals surface area contributed by atoms with E-state index in [1.165, 1.54) is 19.3 Å². The molecule has 6 heteroatoms. The summed E-state index contributed by atoms with van der Waals surface area (Å²) in [6.45, 7) is 2.22. The second kappa shape index (κ2) is 8.01. The number of benzene rings is 1. The molecule has 1 aliphatic heterocycles. The van der Waals surface area contributed by atoms with Gasteiger partial charge >= 0.3 is 0 Å². The average molecular weight is 380 g/mol. The summed E-state index contributed by atoms with van der Waals surface area (Å²) in [5, 5.41) is 8.99. The van der Waals surface area contributed by atoms with Crippen LogP contribution in [0, 0.1) is 0 Å². The van der Waals surface area contributed by atoms with Gasteiger partial charge in [0, 0.05) is 5.56 Å². The highest BCUT2D eigenvalue weighted by molar-refractivity contribution is 6.30. The molecule has 0 aliphatic carbocycles. The molecule has 1 aromatic carbocycles. The molecule has 0 fully saturated rings. The van der Waals surface area contributed by atoms with Crippen LogP contribution in [0.5, 0.6) is 0 Å². The molecule has 0 radical (unpaired) electrons. The average Bonchev–Trinajstić information content (AvgIpc) is 3.13. The summed E-state index contributed by atoms with van der Waals surface area (Å²) in [7, 11) is 0. The second-order valence-corrected chi connectivity index (χ2v) is 7.16. The van der Waals surface area contributed by atoms with Gasteiger partial charge in [0.05, 0.1) is 11.4 Å². The van der Waals surface area contributed by atoms with E-state index >= 15 is 0 Å². The molecule has 4 rings (SSSR count). The zero-order valence-electron chi connectivity index (χ0n) is 15.3. The lowest BCUT2D eigenvalue weighted by Crippen LogP contribution is -2.09. The van der Waals surface area contributed by atoms with Gasteiger partial charge in [-0.2, -0.15) is 0 Å². The van der Waals surface area contributed by atoms with Crippen LogP contribution in [0.3, 0.4) is 0 Å². The Morgan fingerprint density at radius 2 is 1.89 bits per heavy atom. The maximum absolute atomic E-state index is 6.23. The Balaban J connectivity index is 1.83. The highest BCUT2D eigenvalue weighted by atomic mass is 35.5. The van der Waals surface area contributed by atoms with Crippen molar-refractivity contribution >= 4 is 17.3 Å². The van der Waals surface area contributed by atoms with E-state index in [1.807, 2.05) is 28.8 Å². The number of hydrogen-bond donors (Lipinski definition) is 0. The van der Waals surface area contributed by atoms with Crippen LogP contribution in [-0.2, 0) is 0 Å². The predicted molar refractivity (Wildman–Crippen MR) is 108 cm³/mol. The molecule has 0 bridgehead atoms. The lowest BCUT2D eigenvalue weighted by Gasteiger charge is -2.11. The van der Waals surface area contributed by atoms with Crippen molar-refractivity contribution < 1.29 is 0 Å². The van der Waals surface area contributed by atoms with Crippen molar-refractivity contribution in [1.29, 1.82) is 0 Å². The standard InChI is InChI=1S/C21H22ClN5/c1-2-3-4-8-11-16-21-26-23-14-27(21)17-12-13-18(22)25-20(17)19(24-16)15-9-6-5-7-10-15/h5-7,9-10,12-14,16H,2-4,8,11H2,1H3. The zero-order valence-corrected chi connectivity index (χ0v) is 16.1. The first-order chi connectivity index (χ1) is 13.3. The smallest absolute Gasteiger partial charge is 0.162 e. The zero-order chi connectivity index (χ0) is 18.6. The summed E-state index contributed by atoms with van der Waals surface area (Å²) in [4.78, 5) is 9.72. The Morgan fingerprint density at radius 3 is 2.70 bits per heavy atom. The van der Waals surface area contributed by atoms with Crippen LogP contribution < -0.4 is 0 Å². The van der Waals surface area contributed by atoms with Crippen LogP contribution in [0.2, 0.25) is 5.15 Å². The number of aromatic nitrogens is 4. The van der Waals surface area contributed by atoms with Crippen molar-refractivity contribution in [3.63, 3.8) is 0 Å². The number of aliphatic imine (C=N–C) groups is 1. The topological polar surface area (TPSA) is 56.0 Å². The third kappa shape index (κ3) is 3.65. The molecule has 1 atom stereocenters. The summed E-state index contributed by atoms with van der Waals surface area (Å²) < 4.78 is 2.00. The number of nitrogens with zero attached hydrogens (tertiary/aromatic N) is 5. The molecule has 2 aromatic heterocycles. The maximum Gasteiger partial charge on any atom is 0.162 e. The third-order valence-electron chi connectivity index (χ3n) is 4.86. The minimum Gasteiger partial charge on any atom is -0.281 e. The molecule has 0 amide bonds. The van der Waals surface area contributed by atoms with Crippen molar-refractivity contribution in [3.05, 3.63) is 71.0 Å². The van der Waals surface area contributed by atoms with E-state index in [4.69, 9.17) is 16.6 Å². The summed E-state index contributed by atoms with van der Waals surface area (Å²) in [6.07, 6.45) is 7.46. The molecular weight excluding hydrogens is 358 g/mol. The van der Waals surface area contributed by atoms with Crippen molar-refractivity contribution in [2.24, 2.45) is 4.99 Å². The monoisotopic (exact) mass is 379 g/mol. The lowest BCUT2D eigenvalue weighted by molar-refractivity contribution is 0.544. The van der Waals surface area contributed by atoms with Crippen LogP contribution >= 0.6 is 11.6 Å². The highest BCUT2D eigenvalue weighted by Gasteiger charge is 2.27. The minimum atomic E-state index is -0.0486. The highest BCUT2D eigenvalue weighted by Crippen LogP contribution is 2.32. The molecule has 0 spiro atoms. The normalized spacial score (nSPS) is 15.6. The summed E-state index contributed by atoms with van der Waals surface area (Å²) in [5.41, 5.74) is 3.58. The Labute approximate surface area is 164 Å². The van der Waals surface area contributed by atoms with Gasteiger partial charge in [-0.25, -0.2) is 4.98 Å². The number of halogens is 1. The number of rotatable bonds is 6. The number of pyridine rings is 1. The van der Waals surface area contributed by atoms with Gasteiger partial charge in [0.15, 0.2) is 5.82 Å². The molecule has 0 N–H and O–H groups in total. The van der Waals surface area contributed by atoms with E-state index in [1.54, 1.807) is 12.4 Å². The van der Waals surface area contributed by atoms with E-state index in [9.17, 15) is 0 Å². The number of unbranched alkanes of at least 4 members (excludes halogenated alkanes) is 3. The van der Waals surface area contributed by atoms with Gasteiger partial charge in [0.2, 0.25) is 0 Å². The van der Waals surface area contributed by atoms with Crippen molar-refractivity contribution in [2.45, 2.75) is 45.1 Å². The molecule has 3 heterocycles. The maximum atomic E-state index is 6.23. The van der Waals surface area contributed by atoms with Crippen LogP contribution in [-0.4, -0.2) is 25.5 Å². The first kappa shape index (κ1) is 17.9. The Hall–Kier alpha value is -2.53. The predicted octanol–water partition coefficient (Wildman–Crippen LogP) is 5.18. The molecule has 1 aliphatic rings. The van der Waals surface area contributed by atoms with Crippen LogP contribution in [0.1, 0.15) is 62.2 Å². The summed E-state index contributed by atoms with van der Waals surface area (Å²) >= 11 is 6.23. The second-order valence-electron chi connectivity index (χ2n) is 6.77. The SMILES string of the molecule is CCCCCCC1N=C(c2ccccc2)c2nc(Cl)ccc2-n2cnnc21. The molecule has 3 aromatic rings. The van der Waals surface area contributed by atoms with Crippen LogP contribution in [0.4, 0.5) is 0 Å². The van der Waals surface area contributed by atoms with Gasteiger partial charge < -0.3 is 0 Å². The van der Waals surface area contributed by atoms with E-state index in [0.29, 0.717) is 5.15 Å². The van der Waals surface area contributed by atoms with Gasteiger partial charge in [0.1, 0.15) is 23.2 Å². The Bertz CT molecular complexity index is 948. The largest absolute Gasteiger partial charge is 0.281 e. The molecule has 5 nitrogen and oxygen atoms in total. The molecule has 1 unspecified atom stereocenters. The Kier molecular flexibility index (Phi) is 5.30. The van der Waals surface area contributed by atoms with E-state index in [2.05, 4.69) is 34.2 Å². The van der Waals surface area contributed by atoms with Gasteiger partial charge in [0.25, 0.3) is 0 Å². The number of hydrogen-bond acceptors (Lipinski definition) is 4. The molecule has 27 heavy (non-hydrogen) atoms. The van der Waals surface area contributed by atoms with Crippen molar-refractivity contribution in [3.8, 4) is 5.69 Å². The number of fused-ring (bicyclic) bond motifs is 3. The summed E-state index contributed by atoms with van der Waals surface area (Å²) in [5.74, 6) is 0.864. The lowest BCUT2D eigenvalue weighted by atomic mass is 10.0. The summed E-state index contributed by atoms with van der Waals surface area (Å²) in [6, 6.07) is 13.9. The van der Waals surface area contributed by atoms with E-state index in [0.717, 1.165) is 41.3 Å². The molecule has 0 saturated heterocycles. The first-order valence-electron chi connectivity index (χ1n) is 9.48. The first-order valence-corrected chi connectivity index (χ1v) is 9.86. The van der Waals surface area contributed by atoms with Gasteiger partial charge in [-0.15, -0.1) is 10.2 Å². The van der Waals surface area contributed by atoms with Gasteiger partial charge in [-0.3, -0.25) is 9.56 Å². The minimum absolute atomic E-state index is 0.0486. The van der Waals surface area contributed by atoms with Crippen molar-refractivity contribution in [1.82, 2.24) is 19.7 Å². The Morgan fingerprint density at radius 1 is 1.04 bits per heavy atom. The fraction of sp³-hybridized carbons (Fsp3) is 0.333. The van der Waals surface area contributed by atoms with E-state index < -0.39 is 0 Å². The van der Waals surface area contributed by atoms with Gasteiger partial charge in [-0.1, -0.05) is 74.5 Å². The van der Waals surface area contributed by atoms with Gasteiger partial charge in [-0.05, 0) is 18.6 Å². The molecule has 0 saturated carbocycles.